The van der Waals surface area contributed by atoms with Gasteiger partial charge in [-0.25, -0.2) is 0 Å². The summed E-state index contributed by atoms with van der Waals surface area (Å²) in [6.45, 7) is 3.36. The van der Waals surface area contributed by atoms with Crippen LogP contribution in [0.2, 0.25) is 0 Å². The molecule has 28 heavy (non-hydrogen) atoms. The fourth-order valence-corrected chi connectivity index (χ4v) is 5.15. The van der Waals surface area contributed by atoms with Crippen LogP contribution >= 0.6 is 0 Å². The Balaban J connectivity index is 1.18. The summed E-state index contributed by atoms with van der Waals surface area (Å²) in [5.41, 5.74) is 3.19. The van der Waals surface area contributed by atoms with Gasteiger partial charge in [0.25, 0.3) is 5.91 Å². The predicted octanol–water partition coefficient (Wildman–Crippen LogP) is 0.679. The molecule has 7 heteroatoms. The first-order valence-electron chi connectivity index (χ1n) is 10.3. The lowest BCUT2D eigenvalue weighted by molar-refractivity contribution is -0.136. The Labute approximate surface area is 164 Å². The van der Waals surface area contributed by atoms with Gasteiger partial charge in [0.05, 0.1) is 0 Å². The van der Waals surface area contributed by atoms with E-state index in [2.05, 4.69) is 22.0 Å². The third-order valence-electron chi connectivity index (χ3n) is 6.82. The zero-order valence-corrected chi connectivity index (χ0v) is 15.9. The van der Waals surface area contributed by atoms with Crippen molar-refractivity contribution < 1.29 is 14.4 Å². The molecule has 1 spiro atoms. The molecular formula is C21H26N4O3. The minimum Gasteiger partial charge on any atom is -0.322 e. The van der Waals surface area contributed by atoms with Crippen molar-refractivity contribution in [2.75, 3.05) is 13.1 Å². The second kappa shape index (κ2) is 6.67. The Morgan fingerprint density at radius 1 is 1.21 bits per heavy atom. The number of hydrogen-bond donors (Lipinski definition) is 3. The van der Waals surface area contributed by atoms with Crippen LogP contribution in [0, 0.1) is 5.92 Å². The van der Waals surface area contributed by atoms with E-state index in [1.165, 1.54) is 25.8 Å². The number of carbonyl (C=O) groups is 3. The molecule has 1 aliphatic carbocycles. The Morgan fingerprint density at radius 2 is 2.04 bits per heavy atom. The molecule has 1 saturated carbocycles. The summed E-state index contributed by atoms with van der Waals surface area (Å²) in [5, 5.41) is 9.42. The maximum Gasteiger partial charge on any atom is 0.255 e. The van der Waals surface area contributed by atoms with Crippen molar-refractivity contribution in [3.8, 4) is 0 Å². The van der Waals surface area contributed by atoms with Crippen LogP contribution in [0.15, 0.2) is 18.2 Å². The number of nitrogens with zero attached hydrogens (tertiary/aromatic N) is 1. The average Bonchev–Trinajstić information content (AvgIpc) is 2.92. The minimum absolute atomic E-state index is 0.108. The molecule has 3 heterocycles. The first-order valence-corrected chi connectivity index (χ1v) is 10.3. The summed E-state index contributed by atoms with van der Waals surface area (Å²) in [7, 11) is 0. The molecule has 1 aromatic carbocycles. The molecule has 1 unspecified atom stereocenters. The molecule has 0 radical (unpaired) electrons. The molecule has 7 nitrogen and oxygen atoms in total. The molecule has 3 N–H and O–H groups in total. The number of imide groups is 1. The average molecular weight is 382 g/mol. The van der Waals surface area contributed by atoms with E-state index >= 15 is 0 Å². The quantitative estimate of drug-likeness (QED) is 0.652. The molecule has 1 aromatic rings. The van der Waals surface area contributed by atoms with Crippen molar-refractivity contribution in [2.45, 2.75) is 56.8 Å². The Kier molecular flexibility index (Phi) is 4.25. The molecule has 3 fully saturated rings. The third-order valence-corrected chi connectivity index (χ3v) is 6.82. The number of rotatable bonds is 5. The van der Waals surface area contributed by atoms with Crippen molar-refractivity contribution in [2.24, 2.45) is 5.92 Å². The first-order chi connectivity index (χ1) is 13.5. The van der Waals surface area contributed by atoms with Crippen molar-refractivity contribution in [3.05, 3.63) is 34.9 Å². The van der Waals surface area contributed by atoms with E-state index in [-0.39, 0.29) is 24.1 Å². The van der Waals surface area contributed by atoms with E-state index < -0.39 is 6.04 Å². The number of amides is 3. The fourth-order valence-electron chi connectivity index (χ4n) is 5.15. The van der Waals surface area contributed by atoms with Crippen molar-refractivity contribution in [3.63, 3.8) is 0 Å². The van der Waals surface area contributed by atoms with Crippen LogP contribution in [-0.4, -0.2) is 47.3 Å². The van der Waals surface area contributed by atoms with E-state index in [9.17, 15) is 14.4 Å². The lowest BCUT2D eigenvalue weighted by Gasteiger charge is -2.55. The molecule has 4 aliphatic rings. The fraction of sp³-hybridized carbons (Fsp3) is 0.571. The lowest BCUT2D eigenvalue weighted by Crippen LogP contribution is -2.65. The monoisotopic (exact) mass is 382 g/mol. The molecule has 0 aromatic heterocycles. The second-order valence-electron chi connectivity index (χ2n) is 8.75. The number of benzene rings is 1. The number of nitrogens with one attached hydrogen (secondary N) is 3. The smallest absolute Gasteiger partial charge is 0.255 e. The number of fused-ring (bicyclic) bond motifs is 1. The van der Waals surface area contributed by atoms with E-state index in [0.29, 0.717) is 24.1 Å². The molecule has 1 atom stereocenters. The van der Waals surface area contributed by atoms with Gasteiger partial charge in [-0.05, 0) is 61.9 Å². The highest BCUT2D eigenvalue weighted by Crippen LogP contribution is 2.43. The maximum atomic E-state index is 12.9. The first kappa shape index (κ1) is 17.8. The summed E-state index contributed by atoms with van der Waals surface area (Å²) in [6, 6.07) is 5.45. The van der Waals surface area contributed by atoms with Gasteiger partial charge >= 0.3 is 0 Å². The SMILES string of the molecule is O=C1CCC(N2Cc3ccc(CNCC4CC5(CCN5)C4)cc3C2=O)C(=O)N1. The van der Waals surface area contributed by atoms with Gasteiger partial charge in [0.1, 0.15) is 6.04 Å². The van der Waals surface area contributed by atoms with Gasteiger partial charge in [-0.1, -0.05) is 12.1 Å². The lowest BCUT2D eigenvalue weighted by atomic mass is 9.63. The van der Waals surface area contributed by atoms with Crippen molar-refractivity contribution >= 4 is 17.7 Å². The van der Waals surface area contributed by atoms with E-state index in [4.69, 9.17) is 0 Å². The van der Waals surface area contributed by atoms with Crippen LogP contribution in [-0.2, 0) is 22.7 Å². The summed E-state index contributed by atoms with van der Waals surface area (Å²) in [5.74, 6) is 0.0120. The number of piperidine rings is 1. The van der Waals surface area contributed by atoms with Gasteiger partial charge in [-0.2, -0.15) is 0 Å². The summed E-state index contributed by atoms with van der Waals surface area (Å²) in [4.78, 5) is 37.9. The van der Waals surface area contributed by atoms with Crippen LogP contribution in [0.4, 0.5) is 0 Å². The summed E-state index contributed by atoms with van der Waals surface area (Å²) < 4.78 is 0. The summed E-state index contributed by atoms with van der Waals surface area (Å²) >= 11 is 0. The molecule has 3 amide bonds. The van der Waals surface area contributed by atoms with Crippen molar-refractivity contribution in [1.82, 2.24) is 20.9 Å². The highest BCUT2D eigenvalue weighted by molar-refractivity contribution is 6.05. The van der Waals surface area contributed by atoms with Crippen LogP contribution in [0.25, 0.3) is 0 Å². The molecule has 2 saturated heterocycles. The zero-order chi connectivity index (χ0) is 19.3. The standard InChI is InChI=1S/C21H26N4O3/c26-18-4-3-17(19(27)24-18)25-12-15-2-1-13(7-16(15)20(25)28)10-22-11-14-8-21(9-14)5-6-23-21/h1-2,7,14,17,22-23H,3-6,8-12H2,(H,24,26,27). The van der Waals surface area contributed by atoms with Crippen LogP contribution in [0.1, 0.15) is 53.6 Å². The van der Waals surface area contributed by atoms with Gasteiger partial charge in [-0.15, -0.1) is 0 Å². The van der Waals surface area contributed by atoms with Crippen molar-refractivity contribution in [1.29, 1.82) is 0 Å². The van der Waals surface area contributed by atoms with Crippen LogP contribution in [0.3, 0.4) is 0 Å². The van der Waals surface area contributed by atoms with Gasteiger partial charge in [-0.3, -0.25) is 19.7 Å². The minimum atomic E-state index is -0.551. The summed E-state index contributed by atoms with van der Waals surface area (Å²) in [6.07, 6.45) is 4.54. The molecule has 148 valence electrons. The third kappa shape index (κ3) is 3.02. The molecular weight excluding hydrogens is 356 g/mol. The highest BCUT2D eigenvalue weighted by atomic mass is 16.2. The van der Waals surface area contributed by atoms with E-state index in [1.807, 2.05) is 12.1 Å². The molecule has 0 bridgehead atoms. The number of carbonyl (C=O) groups excluding carboxylic acids is 3. The number of hydrogen-bond acceptors (Lipinski definition) is 5. The Morgan fingerprint density at radius 3 is 2.75 bits per heavy atom. The van der Waals surface area contributed by atoms with Crippen LogP contribution < -0.4 is 16.0 Å². The Bertz CT molecular complexity index is 840. The van der Waals surface area contributed by atoms with E-state index in [1.54, 1.807) is 4.90 Å². The highest BCUT2D eigenvalue weighted by Gasteiger charge is 2.47. The predicted molar refractivity (Wildman–Crippen MR) is 102 cm³/mol. The Hall–Kier alpha value is -2.25. The van der Waals surface area contributed by atoms with Gasteiger partial charge in [0.2, 0.25) is 11.8 Å². The van der Waals surface area contributed by atoms with Crippen LogP contribution in [0.5, 0.6) is 0 Å². The molecule has 5 rings (SSSR count). The zero-order valence-electron chi connectivity index (χ0n) is 15.9. The van der Waals surface area contributed by atoms with Gasteiger partial charge in [0.15, 0.2) is 0 Å². The maximum absolute atomic E-state index is 12.9. The molecule has 3 aliphatic heterocycles. The van der Waals surface area contributed by atoms with Gasteiger partial charge < -0.3 is 15.5 Å². The van der Waals surface area contributed by atoms with Gasteiger partial charge in [0, 0.05) is 30.6 Å². The second-order valence-corrected chi connectivity index (χ2v) is 8.75. The van der Waals surface area contributed by atoms with E-state index in [0.717, 1.165) is 30.1 Å². The topological polar surface area (TPSA) is 90.5 Å². The largest absolute Gasteiger partial charge is 0.322 e. The normalized spacial score (nSPS) is 31.4.